The van der Waals surface area contributed by atoms with E-state index in [1.54, 1.807) is 18.3 Å². The number of anilines is 3. The predicted octanol–water partition coefficient (Wildman–Crippen LogP) is 5.39. The zero-order valence-corrected chi connectivity index (χ0v) is 23.9. The molecule has 2 fully saturated rings. The summed E-state index contributed by atoms with van der Waals surface area (Å²) in [5.74, 6) is 2.08. The number of hydrazone groups is 1. The Labute approximate surface area is 237 Å². The molecule has 2 saturated heterocycles. The number of halogens is 3. The SMILES string of the molecule is Fc1ccc(COc2c(Br)cc(/C=N/Nc3nc(N4CCCCC4)nc(N4CCOCC4)n3)cc2Br)cc1. The first-order chi connectivity index (χ1) is 18.5. The van der Waals surface area contributed by atoms with Crippen molar-refractivity contribution in [2.45, 2.75) is 25.9 Å². The summed E-state index contributed by atoms with van der Waals surface area (Å²) in [4.78, 5) is 18.4. The summed E-state index contributed by atoms with van der Waals surface area (Å²) in [5, 5.41) is 4.39. The van der Waals surface area contributed by atoms with Gasteiger partial charge >= 0.3 is 0 Å². The van der Waals surface area contributed by atoms with Gasteiger partial charge in [-0.15, -0.1) is 0 Å². The molecule has 2 aliphatic rings. The molecule has 9 nitrogen and oxygen atoms in total. The van der Waals surface area contributed by atoms with E-state index in [9.17, 15) is 4.39 Å². The van der Waals surface area contributed by atoms with Gasteiger partial charge in [0.05, 0.1) is 28.4 Å². The average Bonchev–Trinajstić information content (AvgIpc) is 2.94. The monoisotopic (exact) mass is 647 g/mol. The van der Waals surface area contributed by atoms with Gasteiger partial charge in [-0.05, 0) is 86.5 Å². The van der Waals surface area contributed by atoms with Crippen molar-refractivity contribution < 1.29 is 13.9 Å². The Bertz CT molecular complexity index is 1210. The maximum Gasteiger partial charge on any atom is 0.250 e. The number of nitrogens with one attached hydrogen (secondary N) is 1. The highest BCUT2D eigenvalue weighted by Crippen LogP contribution is 2.35. The zero-order chi connectivity index (χ0) is 26.3. The molecule has 3 heterocycles. The maximum atomic E-state index is 13.1. The van der Waals surface area contributed by atoms with E-state index in [0.29, 0.717) is 43.4 Å². The third kappa shape index (κ3) is 6.97. The summed E-state index contributed by atoms with van der Waals surface area (Å²) in [6, 6.07) is 10.0. The molecule has 3 aromatic rings. The molecular formula is C26H28Br2FN7O2. The lowest BCUT2D eigenvalue weighted by atomic mass is 10.1. The molecule has 1 N–H and O–H groups in total. The number of hydrogen-bond acceptors (Lipinski definition) is 9. The third-order valence-electron chi connectivity index (χ3n) is 6.24. The molecule has 38 heavy (non-hydrogen) atoms. The van der Waals surface area contributed by atoms with Crippen molar-refractivity contribution in [3.05, 3.63) is 62.3 Å². The Morgan fingerprint density at radius 1 is 0.921 bits per heavy atom. The summed E-state index contributed by atoms with van der Waals surface area (Å²) in [6.45, 7) is 4.97. The highest BCUT2D eigenvalue weighted by atomic mass is 79.9. The van der Waals surface area contributed by atoms with Crippen molar-refractivity contribution in [3.63, 3.8) is 0 Å². The predicted molar refractivity (Wildman–Crippen MR) is 153 cm³/mol. The molecule has 2 aromatic carbocycles. The second kappa shape index (κ2) is 12.8. The molecule has 0 bridgehead atoms. The lowest BCUT2D eigenvalue weighted by molar-refractivity contribution is 0.122. The lowest BCUT2D eigenvalue weighted by Gasteiger charge is -2.30. The average molecular weight is 649 g/mol. The first-order valence-electron chi connectivity index (χ1n) is 12.5. The molecule has 0 unspecified atom stereocenters. The van der Waals surface area contributed by atoms with Gasteiger partial charge in [-0.3, -0.25) is 0 Å². The summed E-state index contributed by atoms with van der Waals surface area (Å²) >= 11 is 7.15. The molecule has 1 aromatic heterocycles. The third-order valence-corrected chi connectivity index (χ3v) is 7.42. The smallest absolute Gasteiger partial charge is 0.250 e. The van der Waals surface area contributed by atoms with Crippen LogP contribution in [0.2, 0.25) is 0 Å². The van der Waals surface area contributed by atoms with E-state index in [1.807, 2.05) is 12.1 Å². The minimum Gasteiger partial charge on any atom is -0.487 e. The van der Waals surface area contributed by atoms with Crippen molar-refractivity contribution >= 4 is 55.9 Å². The van der Waals surface area contributed by atoms with Crippen LogP contribution in [-0.2, 0) is 11.3 Å². The van der Waals surface area contributed by atoms with Crippen LogP contribution >= 0.6 is 31.9 Å². The number of hydrogen-bond donors (Lipinski definition) is 1. The number of benzene rings is 2. The van der Waals surface area contributed by atoms with Crippen LogP contribution in [0.25, 0.3) is 0 Å². The molecule has 0 radical (unpaired) electrons. The zero-order valence-electron chi connectivity index (χ0n) is 20.7. The largest absolute Gasteiger partial charge is 0.487 e. The van der Waals surface area contributed by atoms with Gasteiger partial charge in [0.25, 0.3) is 0 Å². The number of aromatic nitrogens is 3. The Balaban J connectivity index is 1.29. The fraction of sp³-hybridized carbons (Fsp3) is 0.385. The van der Waals surface area contributed by atoms with Crippen LogP contribution in [0.4, 0.5) is 22.2 Å². The Hall–Kier alpha value is -2.83. The van der Waals surface area contributed by atoms with Crippen LogP contribution in [0.15, 0.2) is 50.4 Å². The quantitative estimate of drug-likeness (QED) is 0.257. The molecule has 0 saturated carbocycles. The molecule has 2 aliphatic heterocycles. The standard InChI is InChI=1S/C26H28Br2FN7O2/c27-21-14-19(15-22(28)23(21)38-17-18-4-6-20(29)7-5-18)16-30-34-24-31-25(35-8-2-1-3-9-35)33-26(32-24)36-10-12-37-13-11-36/h4-7,14-16H,1-3,8-13,17H2,(H,31,32,33,34)/b30-16+. The van der Waals surface area contributed by atoms with Crippen molar-refractivity contribution in [1.82, 2.24) is 15.0 Å². The molecule has 0 aliphatic carbocycles. The normalized spacial score (nSPS) is 16.2. The summed E-state index contributed by atoms with van der Waals surface area (Å²) in [5.41, 5.74) is 4.70. The van der Waals surface area contributed by atoms with Gasteiger partial charge in [-0.25, -0.2) is 9.82 Å². The molecular weight excluding hydrogens is 621 g/mol. The van der Waals surface area contributed by atoms with Crippen molar-refractivity contribution in [2.24, 2.45) is 5.10 Å². The molecule has 12 heteroatoms. The van der Waals surface area contributed by atoms with Gasteiger partial charge < -0.3 is 19.3 Å². The molecule has 0 spiro atoms. The fourth-order valence-corrected chi connectivity index (χ4v) is 5.69. The van der Waals surface area contributed by atoms with E-state index in [-0.39, 0.29) is 5.82 Å². The van der Waals surface area contributed by atoms with Crippen LogP contribution in [0.1, 0.15) is 30.4 Å². The van der Waals surface area contributed by atoms with Crippen LogP contribution < -0.4 is 20.0 Å². The van der Waals surface area contributed by atoms with E-state index >= 15 is 0 Å². The van der Waals surface area contributed by atoms with Crippen molar-refractivity contribution in [1.29, 1.82) is 0 Å². The van der Waals surface area contributed by atoms with Gasteiger partial charge in [-0.1, -0.05) is 12.1 Å². The van der Waals surface area contributed by atoms with E-state index in [4.69, 9.17) is 14.5 Å². The van der Waals surface area contributed by atoms with Gasteiger partial charge in [0, 0.05) is 26.2 Å². The minimum absolute atomic E-state index is 0.273. The Morgan fingerprint density at radius 3 is 2.21 bits per heavy atom. The Kier molecular flexibility index (Phi) is 9.02. The molecule has 200 valence electrons. The van der Waals surface area contributed by atoms with Gasteiger partial charge in [0.1, 0.15) is 18.2 Å². The van der Waals surface area contributed by atoms with Crippen molar-refractivity contribution in [2.75, 3.05) is 54.6 Å². The first-order valence-corrected chi connectivity index (χ1v) is 14.1. The van der Waals surface area contributed by atoms with Gasteiger partial charge in [0.2, 0.25) is 17.8 Å². The van der Waals surface area contributed by atoms with E-state index in [2.05, 4.69) is 62.2 Å². The Morgan fingerprint density at radius 2 is 1.55 bits per heavy atom. The van der Waals surface area contributed by atoms with E-state index in [1.165, 1.54) is 18.6 Å². The van der Waals surface area contributed by atoms with Crippen LogP contribution in [0.3, 0.4) is 0 Å². The number of ether oxygens (including phenoxy) is 2. The lowest BCUT2D eigenvalue weighted by Crippen LogP contribution is -2.38. The maximum absolute atomic E-state index is 13.1. The highest BCUT2D eigenvalue weighted by Gasteiger charge is 2.20. The number of piperidine rings is 1. The number of nitrogens with zero attached hydrogens (tertiary/aromatic N) is 6. The second-order valence-corrected chi connectivity index (χ2v) is 10.7. The number of morpholine rings is 1. The highest BCUT2D eigenvalue weighted by molar-refractivity contribution is 9.11. The van der Waals surface area contributed by atoms with E-state index in [0.717, 1.165) is 59.1 Å². The number of rotatable bonds is 8. The molecule has 0 amide bonds. The second-order valence-electron chi connectivity index (χ2n) is 9.00. The van der Waals surface area contributed by atoms with Crippen LogP contribution in [0, 0.1) is 5.82 Å². The minimum atomic E-state index is -0.273. The molecule has 5 rings (SSSR count). The van der Waals surface area contributed by atoms with E-state index < -0.39 is 0 Å². The van der Waals surface area contributed by atoms with Crippen LogP contribution in [0.5, 0.6) is 5.75 Å². The summed E-state index contributed by atoms with van der Waals surface area (Å²) in [6.07, 6.45) is 5.19. The topological polar surface area (TPSA) is 88.0 Å². The van der Waals surface area contributed by atoms with Crippen LogP contribution in [-0.4, -0.2) is 60.6 Å². The summed E-state index contributed by atoms with van der Waals surface area (Å²) in [7, 11) is 0. The van der Waals surface area contributed by atoms with Crippen molar-refractivity contribution in [3.8, 4) is 5.75 Å². The molecule has 0 atom stereocenters. The fourth-order valence-electron chi connectivity index (χ4n) is 4.24. The first kappa shape index (κ1) is 26.8. The van der Waals surface area contributed by atoms with Gasteiger partial charge in [0.15, 0.2) is 0 Å². The summed E-state index contributed by atoms with van der Waals surface area (Å²) < 4.78 is 26.1. The van der Waals surface area contributed by atoms with Gasteiger partial charge in [-0.2, -0.15) is 20.1 Å².